The molecule has 4 rings (SSSR count). The molecule has 1 amide bonds. The number of allylic oxidation sites excluding steroid dienone is 3. The van der Waals surface area contributed by atoms with E-state index in [1.54, 1.807) is 18.3 Å². The number of pyridine rings is 2. The second-order valence-electron chi connectivity index (χ2n) is 8.72. The number of hydrogen-bond donors (Lipinski definition) is 1. The van der Waals surface area contributed by atoms with Crippen LogP contribution in [0.3, 0.4) is 0 Å². The van der Waals surface area contributed by atoms with E-state index in [4.69, 9.17) is 9.57 Å². The molecule has 2 aliphatic rings. The van der Waals surface area contributed by atoms with Crippen LogP contribution >= 0.6 is 22.6 Å². The summed E-state index contributed by atoms with van der Waals surface area (Å²) in [4.78, 5) is 25.5. The summed E-state index contributed by atoms with van der Waals surface area (Å²) in [7, 11) is 1.51. The van der Waals surface area contributed by atoms with Gasteiger partial charge in [0.15, 0.2) is 5.82 Å². The van der Waals surface area contributed by atoms with E-state index in [0.717, 1.165) is 38.3 Å². The van der Waals surface area contributed by atoms with Gasteiger partial charge < -0.3 is 14.9 Å². The zero-order valence-electron chi connectivity index (χ0n) is 19.1. The predicted octanol–water partition coefficient (Wildman–Crippen LogP) is 6.19. The molecule has 0 radical (unpaired) electrons. The van der Waals surface area contributed by atoms with E-state index in [2.05, 4.69) is 49.1 Å². The average Bonchev–Trinajstić information content (AvgIpc) is 3.54. The molecule has 0 aromatic carbocycles. The third-order valence-corrected chi connectivity index (χ3v) is 6.88. The van der Waals surface area contributed by atoms with Crippen molar-refractivity contribution in [2.75, 3.05) is 12.4 Å². The van der Waals surface area contributed by atoms with Gasteiger partial charge in [-0.2, -0.15) is 0 Å². The molecule has 1 N–H and O–H groups in total. The fourth-order valence-corrected chi connectivity index (χ4v) is 5.21. The summed E-state index contributed by atoms with van der Waals surface area (Å²) in [5.74, 6) is -1.19. The molecule has 2 aromatic rings. The lowest BCUT2D eigenvalue weighted by Crippen LogP contribution is -2.24. The maximum atomic E-state index is 13.7. The largest absolute Gasteiger partial charge is 0.435 e. The summed E-state index contributed by atoms with van der Waals surface area (Å²) in [6.45, 7) is 0. The number of carbonyl (C=O) groups excluding carboxylic acids is 1. The van der Waals surface area contributed by atoms with E-state index in [1.165, 1.54) is 18.9 Å². The number of anilines is 1. The highest BCUT2D eigenvalue weighted by atomic mass is 127. The first-order valence-electron chi connectivity index (χ1n) is 11.2. The van der Waals surface area contributed by atoms with Gasteiger partial charge in [-0.15, -0.1) is 0 Å². The number of carbonyl (C=O) groups is 1. The standard InChI is InChI=1S/C25H25F2IN4O3/c1-34-31-10-7-16(6-9-28)17-3-2-8-25(12-17)13-20(25)23(33)32-22-5-4-19(15-29-22)35-24-21(27)11-18(26)14-30-24/h4-7,9-11,14-15,17,20H,2-3,8,12-13H2,1H3,(H,29,32,33)/b9-6-,16-7+,31-10+/t17-,20+,25-/m1/s1. The lowest BCUT2D eigenvalue weighted by atomic mass is 9.74. The number of halogens is 3. The van der Waals surface area contributed by atoms with Gasteiger partial charge in [0.05, 0.1) is 18.6 Å². The molecule has 2 aromatic heterocycles. The molecule has 2 fully saturated rings. The molecule has 3 atom stereocenters. The van der Waals surface area contributed by atoms with Crippen LogP contribution in [0.15, 0.2) is 57.6 Å². The minimum Gasteiger partial charge on any atom is -0.435 e. The Morgan fingerprint density at radius 1 is 1.29 bits per heavy atom. The first-order chi connectivity index (χ1) is 16.9. The smallest absolute Gasteiger partial charge is 0.256 e. The monoisotopic (exact) mass is 594 g/mol. The van der Waals surface area contributed by atoms with Crippen molar-refractivity contribution in [1.29, 1.82) is 0 Å². The Balaban J connectivity index is 1.36. The molecular formula is C25H25F2IN4O3. The number of nitrogens with one attached hydrogen (secondary N) is 1. The number of ether oxygens (including phenoxy) is 1. The first kappa shape index (κ1) is 25.2. The van der Waals surface area contributed by atoms with Crippen molar-refractivity contribution in [2.45, 2.75) is 32.1 Å². The summed E-state index contributed by atoms with van der Waals surface area (Å²) in [5, 5.41) is 6.70. The van der Waals surface area contributed by atoms with Gasteiger partial charge in [0.2, 0.25) is 5.91 Å². The van der Waals surface area contributed by atoms with Crippen molar-refractivity contribution in [3.05, 3.63) is 64.0 Å². The molecule has 184 valence electrons. The second kappa shape index (κ2) is 11.2. The van der Waals surface area contributed by atoms with Crippen LogP contribution in [0.4, 0.5) is 14.6 Å². The van der Waals surface area contributed by atoms with Gasteiger partial charge in [-0.1, -0.05) is 40.2 Å². The Morgan fingerprint density at radius 3 is 2.86 bits per heavy atom. The van der Waals surface area contributed by atoms with E-state index in [9.17, 15) is 13.6 Å². The minimum atomic E-state index is -0.912. The number of aromatic nitrogens is 2. The van der Waals surface area contributed by atoms with Gasteiger partial charge in [-0.3, -0.25) is 4.79 Å². The zero-order valence-corrected chi connectivity index (χ0v) is 21.2. The number of hydrogen-bond acceptors (Lipinski definition) is 6. The third kappa shape index (κ3) is 6.22. The molecule has 10 heteroatoms. The van der Waals surface area contributed by atoms with Gasteiger partial charge in [0, 0.05) is 12.0 Å². The molecule has 0 unspecified atom stereocenters. The van der Waals surface area contributed by atoms with E-state index in [-0.39, 0.29) is 28.9 Å². The first-order valence-corrected chi connectivity index (χ1v) is 12.5. The fourth-order valence-electron chi connectivity index (χ4n) is 4.79. The second-order valence-corrected chi connectivity index (χ2v) is 9.44. The molecule has 2 heterocycles. The van der Waals surface area contributed by atoms with Crippen LogP contribution in [0, 0.1) is 28.9 Å². The lowest BCUT2D eigenvalue weighted by molar-refractivity contribution is -0.118. The van der Waals surface area contributed by atoms with Crippen molar-refractivity contribution in [1.82, 2.24) is 9.97 Å². The van der Waals surface area contributed by atoms with E-state index in [0.29, 0.717) is 17.8 Å². The summed E-state index contributed by atoms with van der Waals surface area (Å²) in [6.07, 6.45) is 12.9. The van der Waals surface area contributed by atoms with Crippen LogP contribution in [-0.2, 0) is 9.63 Å². The van der Waals surface area contributed by atoms with Gasteiger partial charge in [-0.05, 0) is 64.9 Å². The highest BCUT2D eigenvalue weighted by molar-refractivity contribution is 14.1. The van der Waals surface area contributed by atoms with Crippen LogP contribution in [-0.4, -0.2) is 29.2 Å². The average molecular weight is 594 g/mol. The van der Waals surface area contributed by atoms with Gasteiger partial charge in [0.25, 0.3) is 5.88 Å². The number of nitrogens with zero attached hydrogens (tertiary/aromatic N) is 3. The summed E-state index contributed by atoms with van der Waals surface area (Å²) in [6, 6.07) is 3.81. The van der Waals surface area contributed by atoms with Crippen molar-refractivity contribution in [3.8, 4) is 11.6 Å². The predicted molar refractivity (Wildman–Crippen MR) is 136 cm³/mol. The number of rotatable bonds is 8. The molecule has 7 nitrogen and oxygen atoms in total. The van der Waals surface area contributed by atoms with Crippen molar-refractivity contribution in [2.24, 2.45) is 22.4 Å². The zero-order chi connectivity index (χ0) is 24.8. The molecule has 35 heavy (non-hydrogen) atoms. The SMILES string of the molecule is CO/N=C/C=C(\C=C/I)[C@@H]1CCC[C@@]2(C1)C[C@H]2C(=O)Nc1ccc(Oc2ncc(F)cc2F)cn1. The minimum absolute atomic E-state index is 0.0123. The molecule has 1 spiro atoms. The van der Waals surface area contributed by atoms with Crippen LogP contribution in [0.1, 0.15) is 32.1 Å². The Hall–Kier alpha value is -2.89. The van der Waals surface area contributed by atoms with Crippen LogP contribution in [0.2, 0.25) is 0 Å². The molecule has 0 saturated heterocycles. The lowest BCUT2D eigenvalue weighted by Gasteiger charge is -2.31. The van der Waals surface area contributed by atoms with E-state index < -0.39 is 11.6 Å². The van der Waals surface area contributed by atoms with Crippen LogP contribution in [0.25, 0.3) is 0 Å². The Morgan fingerprint density at radius 2 is 2.14 bits per heavy atom. The highest BCUT2D eigenvalue weighted by Crippen LogP contribution is 2.63. The molecule has 2 saturated carbocycles. The topological polar surface area (TPSA) is 85.7 Å². The van der Waals surface area contributed by atoms with Gasteiger partial charge in [-0.25, -0.2) is 18.7 Å². The van der Waals surface area contributed by atoms with Crippen molar-refractivity contribution < 1.29 is 23.1 Å². The van der Waals surface area contributed by atoms with E-state index >= 15 is 0 Å². The Labute approximate surface area is 215 Å². The quantitative estimate of drug-likeness (QED) is 0.171. The van der Waals surface area contributed by atoms with Crippen LogP contribution in [0.5, 0.6) is 11.6 Å². The number of amides is 1. The molecule has 0 aliphatic heterocycles. The number of oxime groups is 1. The maximum Gasteiger partial charge on any atom is 0.256 e. The molecule has 0 bridgehead atoms. The normalized spacial score (nSPS) is 24.2. The molecule has 2 aliphatic carbocycles. The Kier molecular flexibility index (Phi) is 8.09. The highest BCUT2D eigenvalue weighted by Gasteiger charge is 2.59. The van der Waals surface area contributed by atoms with E-state index in [1.807, 2.05) is 10.2 Å². The van der Waals surface area contributed by atoms with Gasteiger partial charge in [0.1, 0.15) is 24.5 Å². The fraction of sp³-hybridized carbons (Fsp3) is 0.360. The molecular weight excluding hydrogens is 569 g/mol. The maximum absolute atomic E-state index is 13.7. The third-order valence-electron chi connectivity index (χ3n) is 6.52. The van der Waals surface area contributed by atoms with Crippen LogP contribution < -0.4 is 10.1 Å². The summed E-state index contributed by atoms with van der Waals surface area (Å²) in [5.41, 5.74) is 1.20. The van der Waals surface area contributed by atoms with Gasteiger partial charge >= 0.3 is 0 Å². The Bertz CT molecular complexity index is 1160. The van der Waals surface area contributed by atoms with Crippen molar-refractivity contribution in [3.63, 3.8) is 0 Å². The summed E-state index contributed by atoms with van der Waals surface area (Å²) >= 11 is 2.21. The van der Waals surface area contributed by atoms with Crippen molar-refractivity contribution >= 4 is 40.5 Å². The summed E-state index contributed by atoms with van der Waals surface area (Å²) < 4.78 is 34.0.